The van der Waals surface area contributed by atoms with Crippen LogP contribution in [0.2, 0.25) is 15.1 Å². The van der Waals surface area contributed by atoms with Crippen molar-refractivity contribution in [2.45, 2.75) is 0 Å². The summed E-state index contributed by atoms with van der Waals surface area (Å²) in [5.74, 6) is -0.356. The summed E-state index contributed by atoms with van der Waals surface area (Å²) in [7, 11) is 0. The molecule has 0 saturated heterocycles. The van der Waals surface area contributed by atoms with Gasteiger partial charge in [-0.25, -0.2) is 0 Å². The molecule has 1 amide bonds. The summed E-state index contributed by atoms with van der Waals surface area (Å²) < 4.78 is 1.36. The van der Waals surface area contributed by atoms with Crippen molar-refractivity contribution >= 4 is 78.3 Å². The van der Waals surface area contributed by atoms with Crippen LogP contribution in [-0.2, 0) is 0 Å². The number of carbonyl (C=O) groups excluding carboxylic acids is 1. The van der Waals surface area contributed by atoms with E-state index in [0.717, 1.165) is 4.47 Å². The smallest absolute Gasteiger partial charge is 0.256 e. The fraction of sp³-hybridized carbons (Fsp3) is 0. The zero-order valence-corrected chi connectivity index (χ0v) is 15.1. The van der Waals surface area contributed by atoms with E-state index in [9.17, 15) is 4.79 Å². The SMILES string of the molecule is O=C(Nc1c(Cl)cc(Br)cc1Cl)c1cc(Cl)ccc1Br. The Balaban J connectivity index is 2.35. The summed E-state index contributed by atoms with van der Waals surface area (Å²) in [6, 6.07) is 8.23. The number of hydrogen-bond acceptors (Lipinski definition) is 1. The number of nitrogens with one attached hydrogen (secondary N) is 1. The van der Waals surface area contributed by atoms with Gasteiger partial charge in [0.15, 0.2) is 0 Å². The van der Waals surface area contributed by atoms with E-state index in [1.54, 1.807) is 30.3 Å². The molecule has 104 valence electrons. The molecule has 0 bridgehead atoms. The van der Waals surface area contributed by atoms with E-state index in [1.807, 2.05) is 0 Å². The monoisotopic (exact) mass is 455 g/mol. The van der Waals surface area contributed by atoms with Gasteiger partial charge in [0.25, 0.3) is 5.91 Å². The Hall–Kier alpha value is -0.260. The molecule has 0 unspecified atom stereocenters. The third-order valence-electron chi connectivity index (χ3n) is 2.42. The van der Waals surface area contributed by atoms with Crippen LogP contribution in [0.15, 0.2) is 39.3 Å². The molecule has 0 aliphatic heterocycles. The molecule has 0 fully saturated rings. The van der Waals surface area contributed by atoms with Gasteiger partial charge in [-0.1, -0.05) is 50.7 Å². The maximum atomic E-state index is 12.2. The van der Waals surface area contributed by atoms with Crippen LogP contribution in [0.1, 0.15) is 10.4 Å². The van der Waals surface area contributed by atoms with Crippen molar-refractivity contribution in [1.82, 2.24) is 0 Å². The normalized spacial score (nSPS) is 10.4. The standard InChI is InChI=1S/C13H6Br2Cl3NO/c14-6-3-10(17)12(11(18)4-6)19-13(20)8-5-7(16)1-2-9(8)15/h1-5H,(H,19,20). The van der Waals surface area contributed by atoms with Gasteiger partial charge in [-0.15, -0.1) is 0 Å². The topological polar surface area (TPSA) is 29.1 Å². The van der Waals surface area contributed by atoms with Crippen molar-refractivity contribution in [2.24, 2.45) is 0 Å². The molecular weight excluding hydrogens is 452 g/mol. The van der Waals surface area contributed by atoms with Gasteiger partial charge in [-0.05, 0) is 46.3 Å². The highest BCUT2D eigenvalue weighted by Gasteiger charge is 2.15. The highest BCUT2D eigenvalue weighted by atomic mass is 79.9. The molecule has 0 heterocycles. The molecule has 2 rings (SSSR count). The highest BCUT2D eigenvalue weighted by Crippen LogP contribution is 2.34. The lowest BCUT2D eigenvalue weighted by Crippen LogP contribution is -2.13. The van der Waals surface area contributed by atoms with E-state index in [4.69, 9.17) is 34.8 Å². The van der Waals surface area contributed by atoms with E-state index in [-0.39, 0.29) is 5.91 Å². The lowest BCUT2D eigenvalue weighted by molar-refractivity contribution is 0.102. The van der Waals surface area contributed by atoms with Crippen molar-refractivity contribution < 1.29 is 4.79 Å². The summed E-state index contributed by atoms with van der Waals surface area (Å²) in [6.45, 7) is 0. The Kier molecular flexibility index (Phi) is 5.37. The molecule has 7 heteroatoms. The second-order valence-corrected chi connectivity index (χ2v) is 6.84. The first kappa shape index (κ1) is 16.1. The summed E-state index contributed by atoms with van der Waals surface area (Å²) in [5, 5.41) is 3.83. The summed E-state index contributed by atoms with van der Waals surface area (Å²) in [5.41, 5.74) is 0.751. The number of anilines is 1. The fourth-order valence-electron chi connectivity index (χ4n) is 1.51. The van der Waals surface area contributed by atoms with Gasteiger partial charge in [0.2, 0.25) is 0 Å². The Morgan fingerprint density at radius 3 is 2.20 bits per heavy atom. The van der Waals surface area contributed by atoms with Crippen molar-refractivity contribution in [2.75, 3.05) is 5.32 Å². The average molecular weight is 458 g/mol. The minimum absolute atomic E-state index is 0.343. The van der Waals surface area contributed by atoms with E-state index < -0.39 is 0 Å². The van der Waals surface area contributed by atoms with E-state index in [2.05, 4.69) is 37.2 Å². The lowest BCUT2D eigenvalue weighted by Gasteiger charge is -2.11. The zero-order chi connectivity index (χ0) is 14.9. The number of hydrogen-bond donors (Lipinski definition) is 1. The number of halogens is 5. The molecule has 0 aliphatic rings. The Morgan fingerprint density at radius 1 is 1.00 bits per heavy atom. The molecule has 2 aromatic rings. The molecule has 0 radical (unpaired) electrons. The number of rotatable bonds is 2. The van der Waals surface area contributed by atoms with Gasteiger partial charge in [0.1, 0.15) is 0 Å². The second kappa shape index (κ2) is 6.67. The molecule has 0 aliphatic carbocycles. The van der Waals surface area contributed by atoms with E-state index in [0.29, 0.717) is 30.8 Å². The van der Waals surface area contributed by atoms with Gasteiger partial charge in [-0.3, -0.25) is 4.79 Å². The quantitative estimate of drug-likeness (QED) is 0.553. The number of carbonyl (C=O) groups is 1. The third-order valence-corrected chi connectivity index (χ3v) is 4.40. The first-order chi connectivity index (χ1) is 9.38. The molecule has 0 aromatic heterocycles. The molecule has 2 aromatic carbocycles. The third kappa shape index (κ3) is 3.68. The molecule has 2 nitrogen and oxygen atoms in total. The van der Waals surface area contributed by atoms with Crippen molar-refractivity contribution in [3.05, 3.63) is 59.9 Å². The Morgan fingerprint density at radius 2 is 1.60 bits per heavy atom. The van der Waals surface area contributed by atoms with Gasteiger partial charge >= 0.3 is 0 Å². The van der Waals surface area contributed by atoms with Gasteiger partial charge in [0, 0.05) is 14.0 Å². The maximum absolute atomic E-state index is 12.2. The van der Waals surface area contributed by atoms with Crippen molar-refractivity contribution in [3.8, 4) is 0 Å². The van der Waals surface area contributed by atoms with Crippen LogP contribution >= 0.6 is 66.7 Å². The number of benzene rings is 2. The maximum Gasteiger partial charge on any atom is 0.256 e. The van der Waals surface area contributed by atoms with Crippen LogP contribution in [0.5, 0.6) is 0 Å². The van der Waals surface area contributed by atoms with Crippen LogP contribution in [0.4, 0.5) is 5.69 Å². The van der Waals surface area contributed by atoms with Gasteiger partial charge in [0.05, 0.1) is 21.3 Å². The molecule has 20 heavy (non-hydrogen) atoms. The van der Waals surface area contributed by atoms with Crippen LogP contribution in [0.25, 0.3) is 0 Å². The van der Waals surface area contributed by atoms with Crippen LogP contribution < -0.4 is 5.32 Å². The highest BCUT2D eigenvalue weighted by molar-refractivity contribution is 9.10. The molecule has 0 atom stereocenters. The second-order valence-electron chi connectivity index (χ2n) is 3.82. The predicted octanol–water partition coefficient (Wildman–Crippen LogP) is 6.42. The van der Waals surface area contributed by atoms with E-state index >= 15 is 0 Å². The van der Waals surface area contributed by atoms with Crippen LogP contribution in [-0.4, -0.2) is 5.91 Å². The zero-order valence-electron chi connectivity index (χ0n) is 9.68. The molecule has 0 saturated carbocycles. The average Bonchev–Trinajstić information content (AvgIpc) is 2.36. The minimum atomic E-state index is -0.356. The van der Waals surface area contributed by atoms with Crippen LogP contribution in [0.3, 0.4) is 0 Å². The van der Waals surface area contributed by atoms with E-state index in [1.165, 1.54) is 0 Å². The lowest BCUT2D eigenvalue weighted by atomic mass is 10.2. The van der Waals surface area contributed by atoms with Gasteiger partial charge < -0.3 is 5.32 Å². The predicted molar refractivity (Wildman–Crippen MR) is 91.3 cm³/mol. The largest absolute Gasteiger partial charge is 0.319 e. The summed E-state index contributed by atoms with van der Waals surface area (Å²) >= 11 is 24.6. The van der Waals surface area contributed by atoms with Crippen molar-refractivity contribution in [1.29, 1.82) is 0 Å². The summed E-state index contributed by atoms with van der Waals surface area (Å²) in [4.78, 5) is 12.2. The number of amides is 1. The first-order valence-corrected chi connectivity index (χ1v) is 8.01. The first-order valence-electron chi connectivity index (χ1n) is 5.29. The minimum Gasteiger partial charge on any atom is -0.319 e. The molecular formula is C13H6Br2Cl3NO. The Bertz CT molecular complexity index is 668. The Labute approximate surface area is 147 Å². The molecule has 0 spiro atoms. The van der Waals surface area contributed by atoms with Crippen molar-refractivity contribution in [3.63, 3.8) is 0 Å². The fourth-order valence-corrected chi connectivity index (χ4v) is 3.42. The summed E-state index contributed by atoms with van der Waals surface area (Å²) in [6.07, 6.45) is 0. The van der Waals surface area contributed by atoms with Gasteiger partial charge in [-0.2, -0.15) is 0 Å². The molecule has 1 N–H and O–H groups in total. The van der Waals surface area contributed by atoms with Crippen LogP contribution in [0, 0.1) is 0 Å².